The molecule has 4 nitrogen and oxygen atoms in total. The van der Waals surface area contributed by atoms with Gasteiger partial charge < -0.3 is 9.52 Å². The number of fused-ring (bicyclic) bond motifs is 1. The van der Waals surface area contributed by atoms with E-state index in [2.05, 4.69) is 4.98 Å². The maximum atomic E-state index is 11.3. The van der Waals surface area contributed by atoms with Crippen molar-refractivity contribution >= 4 is 28.5 Å². The second kappa shape index (κ2) is 4.40. The summed E-state index contributed by atoms with van der Waals surface area (Å²) >= 11 is 5.92. The highest BCUT2D eigenvalue weighted by Crippen LogP contribution is 2.27. The third-order valence-corrected chi connectivity index (χ3v) is 3.01. The van der Waals surface area contributed by atoms with Gasteiger partial charge in [0.05, 0.1) is 17.3 Å². The zero-order valence-corrected chi connectivity index (χ0v) is 10.4. The van der Waals surface area contributed by atoms with Gasteiger partial charge >= 0.3 is 5.97 Å². The SMILES string of the molecule is O=C(O)c1cc(-c2ccco2)nc2cc(Cl)ccc12. The molecule has 0 bridgehead atoms. The molecule has 0 spiro atoms. The number of pyridine rings is 1. The highest BCUT2D eigenvalue weighted by molar-refractivity contribution is 6.31. The Morgan fingerprint density at radius 1 is 1.26 bits per heavy atom. The standard InChI is InChI=1S/C14H8ClNO3/c15-8-3-4-9-10(14(17)18)7-12(16-11(9)6-8)13-2-1-5-19-13/h1-7H,(H,17,18). The molecule has 0 aliphatic rings. The molecular formula is C14H8ClNO3. The van der Waals surface area contributed by atoms with Gasteiger partial charge in [-0.25, -0.2) is 9.78 Å². The second-order valence-corrected chi connectivity index (χ2v) is 4.44. The van der Waals surface area contributed by atoms with Gasteiger partial charge in [-0.05, 0) is 30.3 Å². The van der Waals surface area contributed by atoms with E-state index in [0.717, 1.165) is 0 Å². The average molecular weight is 274 g/mol. The largest absolute Gasteiger partial charge is 0.478 e. The molecule has 0 unspecified atom stereocenters. The molecule has 0 saturated heterocycles. The quantitative estimate of drug-likeness (QED) is 0.770. The molecule has 1 N–H and O–H groups in total. The first-order valence-corrected chi connectivity index (χ1v) is 5.90. The molecule has 94 valence electrons. The van der Waals surface area contributed by atoms with Crippen LogP contribution in [0.1, 0.15) is 10.4 Å². The fourth-order valence-corrected chi connectivity index (χ4v) is 2.10. The summed E-state index contributed by atoms with van der Waals surface area (Å²) in [6.07, 6.45) is 1.51. The zero-order valence-electron chi connectivity index (χ0n) is 9.63. The summed E-state index contributed by atoms with van der Waals surface area (Å²) in [5.41, 5.74) is 1.17. The van der Waals surface area contributed by atoms with Gasteiger partial charge in [-0.1, -0.05) is 17.7 Å². The molecule has 5 heteroatoms. The average Bonchev–Trinajstić information content (AvgIpc) is 2.90. The smallest absolute Gasteiger partial charge is 0.336 e. The molecule has 2 aromatic heterocycles. The van der Waals surface area contributed by atoms with Crippen molar-refractivity contribution in [2.75, 3.05) is 0 Å². The maximum Gasteiger partial charge on any atom is 0.336 e. The maximum absolute atomic E-state index is 11.3. The summed E-state index contributed by atoms with van der Waals surface area (Å²) in [5.74, 6) is -0.494. The van der Waals surface area contributed by atoms with Crippen LogP contribution in [-0.2, 0) is 0 Å². The Labute approximate surface area is 113 Å². The minimum absolute atomic E-state index is 0.174. The van der Waals surface area contributed by atoms with Crippen LogP contribution in [0.2, 0.25) is 5.02 Å². The van der Waals surface area contributed by atoms with Crippen molar-refractivity contribution in [3.8, 4) is 11.5 Å². The number of carboxylic acid groups (broad SMARTS) is 1. The molecule has 3 rings (SSSR count). The van der Waals surface area contributed by atoms with Gasteiger partial charge in [0.25, 0.3) is 0 Å². The summed E-state index contributed by atoms with van der Waals surface area (Å²) in [5, 5.41) is 10.3. The van der Waals surface area contributed by atoms with E-state index in [4.69, 9.17) is 16.0 Å². The third kappa shape index (κ3) is 2.06. The molecule has 19 heavy (non-hydrogen) atoms. The number of halogens is 1. The van der Waals surface area contributed by atoms with Gasteiger partial charge in [0.2, 0.25) is 0 Å². The molecule has 3 aromatic rings. The van der Waals surface area contributed by atoms with Crippen LogP contribution in [0.3, 0.4) is 0 Å². The molecule has 0 atom stereocenters. The topological polar surface area (TPSA) is 63.3 Å². The molecule has 0 fully saturated rings. The number of rotatable bonds is 2. The van der Waals surface area contributed by atoms with E-state index in [1.54, 1.807) is 30.3 Å². The second-order valence-electron chi connectivity index (χ2n) is 4.00. The number of benzene rings is 1. The highest BCUT2D eigenvalue weighted by atomic mass is 35.5. The van der Waals surface area contributed by atoms with E-state index >= 15 is 0 Å². The van der Waals surface area contributed by atoms with Gasteiger partial charge in [-0.3, -0.25) is 0 Å². The van der Waals surface area contributed by atoms with Gasteiger partial charge in [-0.15, -0.1) is 0 Å². The van der Waals surface area contributed by atoms with E-state index in [1.165, 1.54) is 12.3 Å². The van der Waals surface area contributed by atoms with Gasteiger partial charge in [0, 0.05) is 10.4 Å². The van der Waals surface area contributed by atoms with Crippen molar-refractivity contribution in [2.45, 2.75) is 0 Å². The van der Waals surface area contributed by atoms with E-state index in [-0.39, 0.29) is 5.56 Å². The van der Waals surface area contributed by atoms with E-state index in [1.807, 2.05) is 0 Å². The summed E-state index contributed by atoms with van der Waals surface area (Å²) in [6.45, 7) is 0. The normalized spacial score (nSPS) is 10.8. The Morgan fingerprint density at radius 2 is 2.11 bits per heavy atom. The van der Waals surface area contributed by atoms with E-state index in [0.29, 0.717) is 27.4 Å². The molecule has 0 amide bonds. The fraction of sp³-hybridized carbons (Fsp3) is 0. The van der Waals surface area contributed by atoms with Crippen LogP contribution in [0.4, 0.5) is 0 Å². The summed E-state index contributed by atoms with van der Waals surface area (Å²) in [4.78, 5) is 15.7. The monoisotopic (exact) mass is 273 g/mol. The Morgan fingerprint density at radius 3 is 2.79 bits per heavy atom. The predicted molar refractivity (Wildman–Crippen MR) is 71.4 cm³/mol. The molecular weight excluding hydrogens is 266 g/mol. The van der Waals surface area contributed by atoms with Crippen LogP contribution < -0.4 is 0 Å². The number of carbonyl (C=O) groups is 1. The Balaban J connectivity index is 2.34. The number of nitrogens with zero attached hydrogens (tertiary/aromatic N) is 1. The van der Waals surface area contributed by atoms with Crippen LogP contribution in [0.15, 0.2) is 47.1 Å². The predicted octanol–water partition coefficient (Wildman–Crippen LogP) is 3.85. The van der Waals surface area contributed by atoms with Gasteiger partial charge in [-0.2, -0.15) is 0 Å². The van der Waals surface area contributed by atoms with Crippen molar-refractivity contribution in [3.05, 3.63) is 53.2 Å². The van der Waals surface area contributed by atoms with Crippen molar-refractivity contribution in [1.29, 1.82) is 0 Å². The van der Waals surface area contributed by atoms with Crippen molar-refractivity contribution in [2.24, 2.45) is 0 Å². The zero-order chi connectivity index (χ0) is 13.4. The number of aromatic nitrogens is 1. The first kappa shape index (κ1) is 11.7. The van der Waals surface area contributed by atoms with Gasteiger partial charge in [0.15, 0.2) is 5.76 Å². The van der Waals surface area contributed by atoms with Crippen molar-refractivity contribution in [1.82, 2.24) is 4.98 Å². The minimum Gasteiger partial charge on any atom is -0.478 e. The Hall–Kier alpha value is -2.33. The molecule has 0 aliphatic carbocycles. The van der Waals surface area contributed by atoms with Crippen molar-refractivity contribution < 1.29 is 14.3 Å². The lowest BCUT2D eigenvalue weighted by Gasteiger charge is -2.05. The van der Waals surface area contributed by atoms with Crippen LogP contribution in [0, 0.1) is 0 Å². The molecule has 1 aromatic carbocycles. The van der Waals surface area contributed by atoms with Crippen molar-refractivity contribution in [3.63, 3.8) is 0 Å². The van der Waals surface area contributed by atoms with Crippen LogP contribution in [0.25, 0.3) is 22.4 Å². The molecule has 0 saturated carbocycles. The lowest BCUT2D eigenvalue weighted by atomic mass is 10.1. The van der Waals surface area contributed by atoms with Crippen LogP contribution in [0.5, 0.6) is 0 Å². The summed E-state index contributed by atoms with van der Waals surface area (Å²) in [7, 11) is 0. The minimum atomic E-state index is -1.01. The third-order valence-electron chi connectivity index (χ3n) is 2.78. The summed E-state index contributed by atoms with van der Waals surface area (Å²) in [6, 6.07) is 9.88. The molecule has 0 radical (unpaired) electrons. The number of hydrogen-bond acceptors (Lipinski definition) is 3. The van der Waals surface area contributed by atoms with Crippen LogP contribution >= 0.6 is 11.6 Å². The Kier molecular flexibility index (Phi) is 2.72. The number of furan rings is 1. The first-order valence-electron chi connectivity index (χ1n) is 5.52. The fourth-order valence-electron chi connectivity index (χ4n) is 1.93. The number of carboxylic acids is 1. The van der Waals surface area contributed by atoms with Crippen LogP contribution in [-0.4, -0.2) is 16.1 Å². The molecule has 0 aliphatic heterocycles. The van der Waals surface area contributed by atoms with Gasteiger partial charge in [0.1, 0.15) is 5.69 Å². The lowest BCUT2D eigenvalue weighted by Crippen LogP contribution is -2.00. The first-order chi connectivity index (χ1) is 9.15. The van der Waals surface area contributed by atoms with E-state index in [9.17, 15) is 9.90 Å². The lowest BCUT2D eigenvalue weighted by molar-refractivity contribution is 0.0699. The highest BCUT2D eigenvalue weighted by Gasteiger charge is 2.14. The molecule has 2 heterocycles. The number of aromatic carboxylic acids is 1. The van der Waals surface area contributed by atoms with E-state index < -0.39 is 5.97 Å². The number of hydrogen-bond donors (Lipinski definition) is 1. The summed E-state index contributed by atoms with van der Waals surface area (Å²) < 4.78 is 5.25. The Bertz CT molecular complexity index is 766.